The Bertz CT molecular complexity index is 684. The zero-order chi connectivity index (χ0) is 19.1. The Hall–Kier alpha value is -2.51. The maximum atomic E-state index is 11.2. The van der Waals surface area contributed by atoms with Crippen molar-refractivity contribution in [2.45, 2.75) is 58.8 Å². The summed E-state index contributed by atoms with van der Waals surface area (Å²) in [5, 5.41) is 26.5. The second-order valence-corrected chi connectivity index (χ2v) is 6.70. The number of nitro benzene ring substituents is 2. The molecule has 1 saturated carbocycles. The first-order valence-corrected chi connectivity index (χ1v) is 9.23. The standard InChI is InChI=1S/C18H26N4O4/c1-3-15(13-8-6-5-7-9-13)16(4-2)19-20-17-11-10-14(21(23)24)12-18(17)22(25)26/h10-13,15,20H,3-9H2,1-2H3. The molecule has 8 heteroatoms. The van der Waals surface area contributed by atoms with Gasteiger partial charge in [0.25, 0.3) is 5.69 Å². The Kier molecular flexibility index (Phi) is 7.06. The highest BCUT2D eigenvalue weighted by molar-refractivity contribution is 5.87. The highest BCUT2D eigenvalue weighted by atomic mass is 16.6. The van der Waals surface area contributed by atoms with E-state index >= 15 is 0 Å². The lowest BCUT2D eigenvalue weighted by Gasteiger charge is -2.30. The van der Waals surface area contributed by atoms with Crippen LogP contribution in [0.5, 0.6) is 0 Å². The summed E-state index contributed by atoms with van der Waals surface area (Å²) in [6.07, 6.45) is 7.95. The van der Waals surface area contributed by atoms with Gasteiger partial charge in [-0.1, -0.05) is 33.1 Å². The van der Waals surface area contributed by atoms with E-state index in [9.17, 15) is 20.2 Å². The van der Waals surface area contributed by atoms with Gasteiger partial charge in [-0.15, -0.1) is 0 Å². The molecule has 0 aromatic heterocycles. The van der Waals surface area contributed by atoms with Gasteiger partial charge in [0.15, 0.2) is 0 Å². The lowest BCUT2D eigenvalue weighted by molar-refractivity contribution is -0.393. The van der Waals surface area contributed by atoms with Crippen molar-refractivity contribution in [1.29, 1.82) is 0 Å². The van der Waals surface area contributed by atoms with Gasteiger partial charge in [-0.2, -0.15) is 5.10 Å². The van der Waals surface area contributed by atoms with Crippen LogP contribution in [0.1, 0.15) is 58.8 Å². The summed E-state index contributed by atoms with van der Waals surface area (Å²) < 4.78 is 0. The molecule has 0 heterocycles. The monoisotopic (exact) mass is 362 g/mol. The molecule has 1 aromatic rings. The van der Waals surface area contributed by atoms with Crippen molar-refractivity contribution in [2.75, 3.05) is 5.43 Å². The average Bonchev–Trinajstić information content (AvgIpc) is 2.65. The molecule has 2 rings (SSSR count). The van der Waals surface area contributed by atoms with Crippen molar-refractivity contribution >= 4 is 22.8 Å². The molecule has 26 heavy (non-hydrogen) atoms. The third-order valence-corrected chi connectivity index (χ3v) is 5.16. The van der Waals surface area contributed by atoms with Gasteiger partial charge in [0, 0.05) is 17.7 Å². The summed E-state index contributed by atoms with van der Waals surface area (Å²) in [4.78, 5) is 20.8. The van der Waals surface area contributed by atoms with Crippen LogP contribution >= 0.6 is 0 Å². The summed E-state index contributed by atoms with van der Waals surface area (Å²) >= 11 is 0. The Balaban J connectivity index is 2.24. The zero-order valence-electron chi connectivity index (χ0n) is 15.3. The molecule has 1 aliphatic carbocycles. The van der Waals surface area contributed by atoms with Gasteiger partial charge in [-0.05, 0) is 37.7 Å². The maximum absolute atomic E-state index is 11.2. The van der Waals surface area contributed by atoms with Gasteiger partial charge >= 0.3 is 5.69 Å². The number of hydrazone groups is 1. The molecule has 1 unspecified atom stereocenters. The Morgan fingerprint density at radius 1 is 1.19 bits per heavy atom. The van der Waals surface area contributed by atoms with Crippen LogP contribution in [0.3, 0.4) is 0 Å². The summed E-state index contributed by atoms with van der Waals surface area (Å²) in [5.74, 6) is 0.978. The van der Waals surface area contributed by atoms with E-state index < -0.39 is 9.85 Å². The number of benzene rings is 1. The molecule has 0 bridgehead atoms. The van der Waals surface area contributed by atoms with Gasteiger partial charge < -0.3 is 0 Å². The van der Waals surface area contributed by atoms with Crippen molar-refractivity contribution in [3.63, 3.8) is 0 Å². The molecule has 0 saturated heterocycles. The van der Waals surface area contributed by atoms with Gasteiger partial charge in [-0.25, -0.2) is 0 Å². The number of rotatable bonds is 8. The molecule has 142 valence electrons. The van der Waals surface area contributed by atoms with E-state index in [-0.39, 0.29) is 17.1 Å². The molecule has 1 aromatic carbocycles. The fourth-order valence-corrected chi connectivity index (χ4v) is 3.81. The highest BCUT2D eigenvalue weighted by Crippen LogP contribution is 2.34. The van der Waals surface area contributed by atoms with Gasteiger partial charge in [0.2, 0.25) is 0 Å². The van der Waals surface area contributed by atoms with Crippen LogP contribution in [0.2, 0.25) is 0 Å². The topological polar surface area (TPSA) is 111 Å². The molecule has 1 aliphatic rings. The predicted octanol–water partition coefficient (Wildman–Crippen LogP) is 5.29. The van der Waals surface area contributed by atoms with Crippen LogP contribution in [0.15, 0.2) is 23.3 Å². The van der Waals surface area contributed by atoms with E-state index in [4.69, 9.17) is 0 Å². The normalized spacial score (nSPS) is 16.9. The molecule has 1 fully saturated rings. The van der Waals surface area contributed by atoms with E-state index in [2.05, 4.69) is 17.5 Å². The van der Waals surface area contributed by atoms with Crippen LogP contribution < -0.4 is 5.43 Å². The van der Waals surface area contributed by atoms with Crippen molar-refractivity contribution in [2.24, 2.45) is 16.9 Å². The molecule has 0 spiro atoms. The number of non-ortho nitro benzene ring substituents is 1. The second kappa shape index (κ2) is 9.26. The van der Waals surface area contributed by atoms with Crippen molar-refractivity contribution in [1.82, 2.24) is 0 Å². The minimum absolute atomic E-state index is 0.171. The first-order chi connectivity index (χ1) is 12.5. The summed E-state index contributed by atoms with van der Waals surface area (Å²) in [6.45, 7) is 4.19. The number of anilines is 1. The zero-order valence-corrected chi connectivity index (χ0v) is 15.3. The average molecular weight is 362 g/mol. The van der Waals surface area contributed by atoms with Crippen LogP contribution in [-0.2, 0) is 0 Å². The Morgan fingerprint density at radius 3 is 2.42 bits per heavy atom. The first-order valence-electron chi connectivity index (χ1n) is 9.23. The molecule has 1 N–H and O–H groups in total. The van der Waals surface area contributed by atoms with Gasteiger partial charge in [0.05, 0.1) is 15.9 Å². The van der Waals surface area contributed by atoms with Crippen LogP contribution in [0.25, 0.3) is 0 Å². The number of nitrogens with one attached hydrogen (secondary N) is 1. The highest BCUT2D eigenvalue weighted by Gasteiger charge is 2.26. The van der Waals surface area contributed by atoms with E-state index in [1.807, 2.05) is 6.92 Å². The third kappa shape index (κ3) is 4.77. The quantitative estimate of drug-likeness (QED) is 0.384. The van der Waals surface area contributed by atoms with Gasteiger partial charge in [-0.3, -0.25) is 25.7 Å². The van der Waals surface area contributed by atoms with Crippen molar-refractivity contribution < 1.29 is 9.85 Å². The van der Waals surface area contributed by atoms with E-state index in [1.54, 1.807) is 0 Å². The van der Waals surface area contributed by atoms with Crippen molar-refractivity contribution in [3.05, 3.63) is 38.4 Å². The Labute approximate surface area is 153 Å². The molecule has 0 radical (unpaired) electrons. The molecule has 1 atom stereocenters. The lowest BCUT2D eigenvalue weighted by atomic mass is 9.76. The second-order valence-electron chi connectivity index (χ2n) is 6.70. The Morgan fingerprint density at radius 2 is 1.88 bits per heavy atom. The third-order valence-electron chi connectivity index (χ3n) is 5.16. The molecule has 0 aliphatic heterocycles. The minimum Gasteiger partial charge on any atom is -0.272 e. The fourth-order valence-electron chi connectivity index (χ4n) is 3.81. The molecular weight excluding hydrogens is 336 g/mol. The first kappa shape index (κ1) is 19.8. The predicted molar refractivity (Wildman–Crippen MR) is 101 cm³/mol. The number of nitro groups is 2. The molecule has 8 nitrogen and oxygen atoms in total. The van der Waals surface area contributed by atoms with E-state index in [1.165, 1.54) is 44.2 Å². The van der Waals surface area contributed by atoms with E-state index in [0.29, 0.717) is 11.8 Å². The summed E-state index contributed by atoms with van der Waals surface area (Å²) in [7, 11) is 0. The smallest absolute Gasteiger partial charge is 0.272 e. The van der Waals surface area contributed by atoms with E-state index in [0.717, 1.165) is 24.6 Å². The fraction of sp³-hybridized carbons (Fsp3) is 0.611. The number of nitrogens with zero attached hydrogens (tertiary/aromatic N) is 3. The van der Waals surface area contributed by atoms with Crippen LogP contribution in [0.4, 0.5) is 17.1 Å². The molecular formula is C18H26N4O4. The van der Waals surface area contributed by atoms with Crippen molar-refractivity contribution in [3.8, 4) is 0 Å². The minimum atomic E-state index is -0.645. The largest absolute Gasteiger partial charge is 0.301 e. The SMILES string of the molecule is CCC(=NNc1ccc([N+](=O)[O-])cc1[N+](=O)[O-])C(CC)C1CCCCC1. The summed E-state index contributed by atoms with van der Waals surface area (Å²) in [6, 6.07) is 3.55. The number of hydrogen-bond donors (Lipinski definition) is 1. The van der Waals surface area contributed by atoms with Gasteiger partial charge in [0.1, 0.15) is 5.69 Å². The number of hydrogen-bond acceptors (Lipinski definition) is 6. The van der Waals surface area contributed by atoms with Crippen LogP contribution in [0, 0.1) is 32.1 Å². The maximum Gasteiger partial charge on any atom is 0.301 e. The van der Waals surface area contributed by atoms with Crippen LogP contribution in [-0.4, -0.2) is 15.6 Å². The lowest BCUT2D eigenvalue weighted by Crippen LogP contribution is -2.25. The summed E-state index contributed by atoms with van der Waals surface area (Å²) in [5.41, 5.74) is 3.31. The molecule has 0 amide bonds.